The summed E-state index contributed by atoms with van der Waals surface area (Å²) in [6, 6.07) is 12.3. The van der Waals surface area contributed by atoms with Gasteiger partial charge in [-0.25, -0.2) is 9.18 Å². The number of phenols is 1. The van der Waals surface area contributed by atoms with E-state index in [1.54, 1.807) is 25.7 Å². The summed E-state index contributed by atoms with van der Waals surface area (Å²) < 4.78 is 19.3. The largest absolute Gasteiger partial charge is 0.508 e. The Hall–Kier alpha value is -2.68. The number of phenolic OH excluding ortho intramolecular Hbond substituents is 1. The van der Waals surface area contributed by atoms with Crippen molar-refractivity contribution in [2.75, 3.05) is 19.6 Å². The van der Waals surface area contributed by atoms with Crippen molar-refractivity contribution >= 4 is 6.09 Å². The van der Waals surface area contributed by atoms with Crippen LogP contribution in [0.25, 0.3) is 0 Å². The van der Waals surface area contributed by atoms with Gasteiger partial charge in [-0.2, -0.15) is 0 Å². The molecule has 1 heterocycles. The molecule has 0 bridgehead atoms. The number of piperazine rings is 1. The third kappa shape index (κ3) is 7.15. The molecule has 0 aliphatic carbocycles. The van der Waals surface area contributed by atoms with Crippen molar-refractivity contribution in [3.8, 4) is 5.75 Å². The van der Waals surface area contributed by atoms with Crippen LogP contribution in [0.3, 0.4) is 0 Å². The van der Waals surface area contributed by atoms with Gasteiger partial charge in [0.2, 0.25) is 0 Å². The van der Waals surface area contributed by atoms with Crippen LogP contribution < -0.4 is 5.73 Å². The number of benzene rings is 2. The first-order valence-electron chi connectivity index (χ1n) is 11.2. The zero-order valence-corrected chi connectivity index (χ0v) is 19.4. The van der Waals surface area contributed by atoms with Crippen LogP contribution >= 0.6 is 0 Å². The predicted molar refractivity (Wildman–Crippen MR) is 124 cm³/mol. The number of nitrogens with two attached hydrogens (primary N) is 1. The maximum absolute atomic E-state index is 13.7. The molecule has 0 aromatic heterocycles. The standard InChI is InChI=1S/C25H34FN3O4/c1-25(2,3)33-24(32)29-10-9-28(15-17-7-5-4-6-8-17)16-22(29)23(31)21(27)13-18-11-19(26)14-20(30)12-18/h4-8,11-12,14,21-23,30-31H,9-10,13,15-16,27H2,1-3H3/t21-,22+,23-/m0/s1. The third-order valence-electron chi connectivity index (χ3n) is 5.63. The smallest absolute Gasteiger partial charge is 0.410 e. The van der Waals surface area contributed by atoms with Gasteiger partial charge >= 0.3 is 6.09 Å². The van der Waals surface area contributed by atoms with E-state index in [0.717, 1.165) is 11.6 Å². The summed E-state index contributed by atoms with van der Waals surface area (Å²) in [6.45, 7) is 7.50. The van der Waals surface area contributed by atoms with Crippen molar-refractivity contribution in [1.29, 1.82) is 0 Å². The number of hydrogen-bond donors (Lipinski definition) is 3. The fourth-order valence-corrected chi connectivity index (χ4v) is 4.12. The number of ether oxygens (including phenoxy) is 1. The number of carbonyl (C=O) groups is 1. The van der Waals surface area contributed by atoms with E-state index in [0.29, 0.717) is 31.7 Å². The first kappa shape index (κ1) is 25.0. The van der Waals surface area contributed by atoms with Crippen molar-refractivity contribution in [3.63, 3.8) is 0 Å². The van der Waals surface area contributed by atoms with Crippen LogP contribution in [0, 0.1) is 5.82 Å². The number of rotatable bonds is 6. The van der Waals surface area contributed by atoms with Crippen molar-refractivity contribution in [2.45, 2.75) is 57.5 Å². The lowest BCUT2D eigenvalue weighted by atomic mass is 9.94. The average molecular weight is 460 g/mol. The number of halogens is 1. The van der Waals surface area contributed by atoms with Gasteiger partial charge in [0.15, 0.2) is 0 Å². The Labute approximate surface area is 194 Å². The average Bonchev–Trinajstić information content (AvgIpc) is 2.72. The maximum Gasteiger partial charge on any atom is 0.410 e. The molecule has 3 atom stereocenters. The second kappa shape index (κ2) is 10.5. The lowest BCUT2D eigenvalue weighted by molar-refractivity contribution is -0.0389. The number of hydrogen-bond acceptors (Lipinski definition) is 6. The van der Waals surface area contributed by atoms with Crippen LogP contribution in [0.2, 0.25) is 0 Å². The predicted octanol–water partition coefficient (Wildman–Crippen LogP) is 2.88. The zero-order chi connectivity index (χ0) is 24.2. The van der Waals surface area contributed by atoms with Crippen LogP contribution in [0.1, 0.15) is 31.9 Å². The summed E-state index contributed by atoms with van der Waals surface area (Å²) in [7, 11) is 0. The number of aliphatic hydroxyl groups is 1. The number of aromatic hydroxyl groups is 1. The molecule has 0 radical (unpaired) electrons. The van der Waals surface area contributed by atoms with Crippen LogP contribution in [0.4, 0.5) is 9.18 Å². The summed E-state index contributed by atoms with van der Waals surface area (Å²) in [6.07, 6.45) is -1.44. The first-order chi connectivity index (χ1) is 15.5. The van der Waals surface area contributed by atoms with Crippen LogP contribution in [0.15, 0.2) is 48.5 Å². The molecule has 0 unspecified atom stereocenters. The highest BCUT2D eigenvalue weighted by atomic mass is 19.1. The van der Waals surface area contributed by atoms with Gasteiger partial charge in [-0.3, -0.25) is 9.80 Å². The maximum atomic E-state index is 13.7. The van der Waals surface area contributed by atoms with Gasteiger partial charge in [-0.05, 0) is 50.5 Å². The molecule has 3 rings (SSSR count). The van der Waals surface area contributed by atoms with Gasteiger partial charge in [-0.15, -0.1) is 0 Å². The van der Waals surface area contributed by atoms with Crippen LogP contribution in [0.5, 0.6) is 5.75 Å². The Morgan fingerprint density at radius 1 is 1.18 bits per heavy atom. The van der Waals surface area contributed by atoms with E-state index in [1.807, 2.05) is 30.3 Å². The summed E-state index contributed by atoms with van der Waals surface area (Å²) in [5, 5.41) is 20.9. The van der Waals surface area contributed by atoms with Crippen LogP contribution in [-0.4, -0.2) is 69.5 Å². The van der Waals surface area contributed by atoms with Crippen molar-refractivity contribution < 1.29 is 24.1 Å². The number of amides is 1. The van der Waals surface area contributed by atoms with E-state index in [2.05, 4.69) is 4.90 Å². The van der Waals surface area contributed by atoms with E-state index in [-0.39, 0.29) is 12.2 Å². The van der Waals surface area contributed by atoms with E-state index in [1.165, 1.54) is 12.1 Å². The quantitative estimate of drug-likeness (QED) is 0.614. The molecule has 0 spiro atoms. The number of nitrogens with zero attached hydrogens (tertiary/aromatic N) is 2. The van der Waals surface area contributed by atoms with E-state index < -0.39 is 35.7 Å². The molecule has 33 heavy (non-hydrogen) atoms. The number of aliphatic hydroxyl groups excluding tert-OH is 1. The molecule has 180 valence electrons. The Bertz CT molecular complexity index is 915. The molecule has 1 fully saturated rings. The Balaban J connectivity index is 1.77. The second-order valence-corrected chi connectivity index (χ2v) is 9.64. The minimum atomic E-state index is -1.08. The van der Waals surface area contributed by atoms with Crippen molar-refractivity contribution in [1.82, 2.24) is 9.80 Å². The summed E-state index contributed by atoms with van der Waals surface area (Å²) >= 11 is 0. The molecule has 1 aliphatic heterocycles. The van der Waals surface area contributed by atoms with Gasteiger partial charge < -0.3 is 20.7 Å². The van der Waals surface area contributed by atoms with Gasteiger partial charge in [0.05, 0.1) is 12.1 Å². The van der Waals surface area contributed by atoms with Gasteiger partial charge in [-0.1, -0.05) is 30.3 Å². The highest BCUT2D eigenvalue weighted by molar-refractivity contribution is 5.69. The number of carbonyl (C=O) groups excluding carboxylic acids is 1. The van der Waals surface area contributed by atoms with Crippen molar-refractivity contribution in [2.24, 2.45) is 5.73 Å². The Kier molecular flexibility index (Phi) is 7.94. The molecular formula is C25H34FN3O4. The summed E-state index contributed by atoms with van der Waals surface area (Å²) in [5.74, 6) is -0.775. The molecule has 1 saturated heterocycles. The molecule has 2 aromatic carbocycles. The molecule has 7 nitrogen and oxygen atoms in total. The zero-order valence-electron chi connectivity index (χ0n) is 19.4. The fraction of sp³-hybridized carbons (Fsp3) is 0.480. The highest BCUT2D eigenvalue weighted by Gasteiger charge is 2.39. The molecule has 8 heteroatoms. The highest BCUT2D eigenvalue weighted by Crippen LogP contribution is 2.23. The lowest BCUT2D eigenvalue weighted by Gasteiger charge is -2.44. The van der Waals surface area contributed by atoms with Gasteiger partial charge in [0.25, 0.3) is 0 Å². The van der Waals surface area contributed by atoms with E-state index in [9.17, 15) is 19.4 Å². The molecule has 2 aromatic rings. The monoisotopic (exact) mass is 459 g/mol. The lowest BCUT2D eigenvalue weighted by Crippen LogP contribution is -2.63. The fourth-order valence-electron chi connectivity index (χ4n) is 4.12. The molecule has 1 aliphatic rings. The minimum Gasteiger partial charge on any atom is -0.508 e. The molecule has 0 saturated carbocycles. The van der Waals surface area contributed by atoms with Crippen molar-refractivity contribution in [3.05, 3.63) is 65.5 Å². The SMILES string of the molecule is CC(C)(C)OC(=O)N1CCN(Cc2ccccc2)C[C@@H]1[C@@H](O)[C@@H](N)Cc1cc(O)cc(F)c1. The molecule has 4 N–H and O–H groups in total. The van der Waals surface area contributed by atoms with Gasteiger partial charge in [0.1, 0.15) is 17.2 Å². The topological polar surface area (TPSA) is 99.3 Å². The summed E-state index contributed by atoms with van der Waals surface area (Å²) in [4.78, 5) is 16.6. The second-order valence-electron chi connectivity index (χ2n) is 9.64. The third-order valence-corrected chi connectivity index (χ3v) is 5.63. The normalized spacial score (nSPS) is 19.2. The molecular weight excluding hydrogens is 425 g/mol. The van der Waals surface area contributed by atoms with E-state index in [4.69, 9.17) is 10.5 Å². The van der Waals surface area contributed by atoms with Crippen LogP contribution in [-0.2, 0) is 17.7 Å². The summed E-state index contributed by atoms with van der Waals surface area (Å²) in [5.41, 5.74) is 7.25. The minimum absolute atomic E-state index is 0.143. The Morgan fingerprint density at radius 2 is 1.88 bits per heavy atom. The van der Waals surface area contributed by atoms with E-state index >= 15 is 0 Å². The Morgan fingerprint density at radius 3 is 2.52 bits per heavy atom. The molecule has 1 amide bonds. The first-order valence-corrected chi connectivity index (χ1v) is 11.2. The van der Waals surface area contributed by atoms with Gasteiger partial charge in [0, 0.05) is 38.3 Å².